The lowest BCUT2D eigenvalue weighted by Crippen LogP contribution is -2.27. The summed E-state index contributed by atoms with van der Waals surface area (Å²) < 4.78 is 54.7. The van der Waals surface area contributed by atoms with Crippen LogP contribution in [0.1, 0.15) is 36.1 Å². The summed E-state index contributed by atoms with van der Waals surface area (Å²) in [5, 5.41) is 4.95. The summed E-state index contributed by atoms with van der Waals surface area (Å²) in [5.41, 5.74) is 3.45. The Hall–Kier alpha value is -2.88. The molecule has 0 unspecified atom stereocenters. The topological polar surface area (TPSA) is 95.9 Å². The molecule has 1 N–H and O–H groups in total. The largest absolute Gasteiger partial charge is 0.284 e. The fourth-order valence-corrected chi connectivity index (χ4v) is 5.84. The summed E-state index contributed by atoms with van der Waals surface area (Å²) in [6.07, 6.45) is 0.333. The molecule has 0 bridgehead atoms. The zero-order valence-corrected chi connectivity index (χ0v) is 21.0. The van der Waals surface area contributed by atoms with Gasteiger partial charge in [-0.05, 0) is 61.4 Å². The van der Waals surface area contributed by atoms with Gasteiger partial charge in [0.1, 0.15) is 0 Å². The summed E-state index contributed by atoms with van der Waals surface area (Å²) in [6, 6.07) is 19.9. The van der Waals surface area contributed by atoms with E-state index in [4.69, 9.17) is 11.6 Å². The van der Waals surface area contributed by atoms with Gasteiger partial charge in [-0.3, -0.25) is 4.72 Å². The van der Waals surface area contributed by atoms with Crippen molar-refractivity contribution in [2.24, 2.45) is 5.10 Å². The van der Waals surface area contributed by atoms with Crippen molar-refractivity contribution < 1.29 is 16.8 Å². The number of benzene rings is 3. The number of hydrogen-bond donors (Lipinski definition) is 1. The minimum Gasteiger partial charge on any atom is -0.284 e. The van der Waals surface area contributed by atoms with Gasteiger partial charge in [-0.25, -0.2) is 8.42 Å². The molecule has 10 heteroatoms. The highest BCUT2D eigenvalue weighted by Gasteiger charge is 2.37. The van der Waals surface area contributed by atoms with Gasteiger partial charge in [0.05, 0.1) is 22.4 Å². The third-order valence-electron chi connectivity index (χ3n) is 5.54. The van der Waals surface area contributed by atoms with Crippen LogP contribution in [0.25, 0.3) is 0 Å². The zero-order chi connectivity index (χ0) is 24.5. The summed E-state index contributed by atoms with van der Waals surface area (Å²) in [6.45, 7) is 3.52. The number of hydrazone groups is 1. The number of nitrogens with zero attached hydrogens (tertiary/aromatic N) is 2. The van der Waals surface area contributed by atoms with E-state index < -0.39 is 26.1 Å². The highest BCUT2D eigenvalue weighted by molar-refractivity contribution is 7.92. The van der Waals surface area contributed by atoms with Gasteiger partial charge >= 0.3 is 0 Å². The molecule has 0 spiro atoms. The second-order valence-electron chi connectivity index (χ2n) is 8.00. The molecule has 1 aliphatic rings. The highest BCUT2D eigenvalue weighted by Crippen LogP contribution is 2.37. The molecule has 1 heterocycles. The van der Waals surface area contributed by atoms with Crippen molar-refractivity contribution >= 4 is 43.0 Å². The molecule has 0 aromatic heterocycles. The van der Waals surface area contributed by atoms with E-state index in [0.717, 1.165) is 15.5 Å². The second kappa shape index (κ2) is 9.40. The van der Waals surface area contributed by atoms with Crippen LogP contribution in [0, 0.1) is 6.92 Å². The molecule has 0 radical (unpaired) electrons. The molecule has 0 saturated carbocycles. The van der Waals surface area contributed by atoms with Crippen LogP contribution in [0.5, 0.6) is 0 Å². The van der Waals surface area contributed by atoms with Crippen LogP contribution in [0.15, 0.2) is 82.8 Å². The van der Waals surface area contributed by atoms with Crippen LogP contribution in [-0.4, -0.2) is 32.7 Å². The number of rotatable bonds is 7. The quantitative estimate of drug-likeness (QED) is 0.479. The van der Waals surface area contributed by atoms with Crippen molar-refractivity contribution in [3.05, 3.63) is 94.5 Å². The molecule has 178 valence electrons. The van der Waals surface area contributed by atoms with E-state index in [2.05, 4.69) is 9.82 Å². The van der Waals surface area contributed by atoms with E-state index in [1.807, 2.05) is 31.2 Å². The van der Waals surface area contributed by atoms with Gasteiger partial charge in [-0.2, -0.15) is 17.9 Å². The van der Waals surface area contributed by atoms with Crippen molar-refractivity contribution in [3.8, 4) is 0 Å². The lowest BCUT2D eigenvalue weighted by molar-refractivity contribution is 0.371. The molecule has 3 aromatic rings. The number of hydrogen-bond acceptors (Lipinski definition) is 5. The number of nitrogens with one attached hydrogen (secondary N) is 1. The number of sulfonamides is 2. The summed E-state index contributed by atoms with van der Waals surface area (Å²) in [5.74, 6) is -0.0548. The van der Waals surface area contributed by atoms with E-state index in [-0.39, 0.29) is 10.6 Å². The van der Waals surface area contributed by atoms with Crippen LogP contribution in [0.4, 0.5) is 5.69 Å². The highest BCUT2D eigenvalue weighted by atomic mass is 35.5. The predicted molar refractivity (Wildman–Crippen MR) is 135 cm³/mol. The first-order valence-corrected chi connectivity index (χ1v) is 14.1. The van der Waals surface area contributed by atoms with Gasteiger partial charge in [0.25, 0.3) is 10.0 Å². The lowest BCUT2D eigenvalue weighted by atomic mass is 9.98. The van der Waals surface area contributed by atoms with Crippen LogP contribution in [-0.2, 0) is 20.0 Å². The molecule has 1 atom stereocenters. The first-order chi connectivity index (χ1) is 16.1. The number of anilines is 1. The molecular formula is C24H24ClN3O4S2. The molecule has 34 heavy (non-hydrogen) atoms. The van der Waals surface area contributed by atoms with Gasteiger partial charge in [0.2, 0.25) is 10.0 Å². The van der Waals surface area contributed by atoms with Crippen LogP contribution in [0.2, 0.25) is 5.02 Å². The summed E-state index contributed by atoms with van der Waals surface area (Å²) in [4.78, 5) is 0.0865. The molecular weight excluding hydrogens is 494 g/mol. The van der Waals surface area contributed by atoms with E-state index in [1.165, 1.54) is 24.3 Å². The summed E-state index contributed by atoms with van der Waals surface area (Å²) in [7, 11) is -7.42. The number of aryl methyl sites for hydroxylation is 1. The molecule has 4 rings (SSSR count). The monoisotopic (exact) mass is 517 g/mol. The van der Waals surface area contributed by atoms with Crippen LogP contribution < -0.4 is 4.72 Å². The predicted octanol–water partition coefficient (Wildman–Crippen LogP) is 4.95. The molecule has 0 amide bonds. The Morgan fingerprint density at radius 3 is 2.32 bits per heavy atom. The first kappa shape index (κ1) is 24.3. The van der Waals surface area contributed by atoms with E-state index >= 15 is 0 Å². The van der Waals surface area contributed by atoms with Gasteiger partial charge in [-0.15, -0.1) is 0 Å². The van der Waals surface area contributed by atoms with Gasteiger partial charge in [0.15, 0.2) is 0 Å². The van der Waals surface area contributed by atoms with Gasteiger partial charge in [0, 0.05) is 17.1 Å². The standard InChI is InChI=1S/C24H24ClN3O4S2/c1-3-33(29,30)27-21-6-4-5-19(15-21)23-16-24(18-9-7-17(2)8-10-18)28(26-23)34(31,32)22-13-11-20(25)12-14-22/h4-15,24,27H,3,16H2,1-2H3/t24-/m1/s1. The third kappa shape index (κ3) is 5.11. The third-order valence-corrected chi connectivity index (χ3v) is 8.80. The average Bonchev–Trinajstić information content (AvgIpc) is 3.26. The number of halogens is 1. The Morgan fingerprint density at radius 2 is 1.68 bits per heavy atom. The van der Waals surface area contributed by atoms with Crippen LogP contribution in [0.3, 0.4) is 0 Å². The van der Waals surface area contributed by atoms with Crippen LogP contribution >= 0.6 is 11.6 Å². The van der Waals surface area contributed by atoms with Crippen molar-refractivity contribution in [3.63, 3.8) is 0 Å². The molecule has 1 aliphatic heterocycles. The maximum atomic E-state index is 13.6. The van der Waals surface area contributed by atoms with Crippen molar-refractivity contribution in [1.82, 2.24) is 4.41 Å². The first-order valence-electron chi connectivity index (χ1n) is 10.6. The van der Waals surface area contributed by atoms with Crippen molar-refractivity contribution in [1.29, 1.82) is 0 Å². The molecule has 0 aliphatic carbocycles. The maximum absolute atomic E-state index is 13.6. The SMILES string of the molecule is CCS(=O)(=O)Nc1cccc(C2=NN(S(=O)(=O)c3ccc(Cl)cc3)[C@@H](c3ccc(C)cc3)C2)c1. The zero-order valence-electron chi connectivity index (χ0n) is 18.6. The molecule has 0 fully saturated rings. The Bertz CT molecular complexity index is 1440. The van der Waals surface area contributed by atoms with E-state index in [1.54, 1.807) is 31.2 Å². The van der Waals surface area contributed by atoms with Crippen molar-refractivity contribution in [2.45, 2.75) is 31.2 Å². The minimum absolute atomic E-state index is 0.0548. The fourth-order valence-electron chi connectivity index (χ4n) is 3.65. The Kier molecular flexibility index (Phi) is 6.71. The van der Waals surface area contributed by atoms with Gasteiger partial charge < -0.3 is 0 Å². The lowest BCUT2D eigenvalue weighted by Gasteiger charge is -2.23. The van der Waals surface area contributed by atoms with Gasteiger partial charge in [-0.1, -0.05) is 53.6 Å². The Balaban J connectivity index is 1.76. The molecule has 3 aromatic carbocycles. The molecule has 7 nitrogen and oxygen atoms in total. The van der Waals surface area contributed by atoms with Crippen molar-refractivity contribution in [2.75, 3.05) is 10.5 Å². The average molecular weight is 518 g/mol. The normalized spacial score (nSPS) is 16.4. The molecule has 0 saturated heterocycles. The minimum atomic E-state index is -3.97. The fraction of sp³-hybridized carbons (Fsp3) is 0.208. The van der Waals surface area contributed by atoms with E-state index in [0.29, 0.717) is 28.4 Å². The summed E-state index contributed by atoms with van der Waals surface area (Å²) >= 11 is 5.95. The van der Waals surface area contributed by atoms with E-state index in [9.17, 15) is 16.8 Å². The second-order valence-corrected chi connectivity index (χ2v) is 12.2. The smallest absolute Gasteiger partial charge is 0.279 e. The maximum Gasteiger partial charge on any atom is 0.279 e. The Morgan fingerprint density at radius 1 is 1.00 bits per heavy atom. The Labute approximate surface area is 205 Å².